The van der Waals surface area contributed by atoms with E-state index < -0.39 is 0 Å². The zero-order valence-electron chi connectivity index (χ0n) is 18.7. The van der Waals surface area contributed by atoms with Gasteiger partial charge in [-0.15, -0.1) is 0 Å². The minimum Gasteiger partial charge on any atom is -0.489 e. The zero-order chi connectivity index (χ0) is 22.4. The molecule has 7 nitrogen and oxygen atoms in total. The van der Waals surface area contributed by atoms with Crippen LogP contribution < -0.4 is 10.1 Å². The van der Waals surface area contributed by atoms with Gasteiger partial charge in [0.25, 0.3) is 0 Å². The Morgan fingerprint density at radius 2 is 1.77 bits per heavy atom. The number of carbonyl (C=O) groups excluding carboxylic acids is 3. The van der Waals surface area contributed by atoms with Crippen molar-refractivity contribution in [1.82, 2.24) is 9.80 Å². The number of imide groups is 1. The summed E-state index contributed by atoms with van der Waals surface area (Å²) in [5.41, 5.74) is 0.893. The van der Waals surface area contributed by atoms with Crippen LogP contribution in [0.5, 0.6) is 5.75 Å². The van der Waals surface area contributed by atoms with Crippen molar-refractivity contribution in [2.75, 3.05) is 31.5 Å². The lowest BCUT2D eigenvalue weighted by Crippen LogP contribution is -2.37. The van der Waals surface area contributed by atoms with Gasteiger partial charge in [-0.1, -0.05) is 24.3 Å². The maximum Gasteiger partial charge on any atom is 0.233 e. The third kappa shape index (κ3) is 5.66. The van der Waals surface area contributed by atoms with Crippen LogP contribution in [0.15, 0.2) is 36.4 Å². The standard InChI is InChI=1S/C24H33N3O4/c1-17(2)31-22-12-7-6-11-21(22)25-13-16-26(18(3)28)14-8-15-27-23(29)19-9-4-5-10-20(19)24(27)30/h4-7,11-12,17,19-20,25H,8-10,13-16H2,1-3H3. The molecule has 1 fully saturated rings. The van der Waals surface area contributed by atoms with Crippen LogP contribution in [0.1, 0.15) is 40.0 Å². The maximum atomic E-state index is 12.6. The summed E-state index contributed by atoms with van der Waals surface area (Å²) in [6.45, 7) is 7.49. The Kier molecular flexibility index (Phi) is 7.71. The van der Waals surface area contributed by atoms with Crippen LogP contribution in [0.25, 0.3) is 0 Å². The number of benzene rings is 1. The normalized spacial score (nSPS) is 20.2. The third-order valence-electron chi connectivity index (χ3n) is 5.80. The Hall–Kier alpha value is -2.83. The van der Waals surface area contributed by atoms with Gasteiger partial charge in [-0.25, -0.2) is 0 Å². The second-order valence-electron chi connectivity index (χ2n) is 8.43. The monoisotopic (exact) mass is 427 g/mol. The number of nitrogens with one attached hydrogen (secondary N) is 1. The van der Waals surface area contributed by atoms with Crippen LogP contribution in [0, 0.1) is 11.8 Å². The Morgan fingerprint density at radius 3 is 2.39 bits per heavy atom. The molecule has 168 valence electrons. The molecule has 2 atom stereocenters. The summed E-state index contributed by atoms with van der Waals surface area (Å²) in [7, 11) is 0. The first-order valence-electron chi connectivity index (χ1n) is 11.1. The minimum absolute atomic E-state index is 0.0227. The number of ether oxygens (including phenoxy) is 1. The predicted molar refractivity (Wildman–Crippen MR) is 120 cm³/mol. The molecule has 3 amide bonds. The highest BCUT2D eigenvalue weighted by Crippen LogP contribution is 2.35. The molecule has 1 N–H and O–H groups in total. The van der Waals surface area contributed by atoms with E-state index in [1.807, 2.05) is 50.3 Å². The average molecular weight is 428 g/mol. The number of rotatable bonds is 10. The van der Waals surface area contributed by atoms with Crippen molar-refractivity contribution in [3.8, 4) is 5.75 Å². The van der Waals surface area contributed by atoms with E-state index in [0.29, 0.717) is 45.4 Å². The molecule has 1 aliphatic carbocycles. The molecule has 1 saturated heterocycles. The number of fused-ring (bicyclic) bond motifs is 1. The van der Waals surface area contributed by atoms with Gasteiger partial charge in [0, 0.05) is 33.1 Å². The second kappa shape index (κ2) is 10.5. The molecular weight excluding hydrogens is 394 g/mol. The Labute approximate surface area is 184 Å². The molecular formula is C24H33N3O4. The highest BCUT2D eigenvalue weighted by molar-refractivity contribution is 6.05. The molecule has 0 aromatic heterocycles. The maximum absolute atomic E-state index is 12.6. The van der Waals surface area contributed by atoms with Gasteiger partial charge in [-0.05, 0) is 45.2 Å². The fourth-order valence-electron chi connectivity index (χ4n) is 4.23. The summed E-state index contributed by atoms with van der Waals surface area (Å²) in [6.07, 6.45) is 5.94. The van der Waals surface area contributed by atoms with Gasteiger partial charge >= 0.3 is 0 Å². The first-order valence-corrected chi connectivity index (χ1v) is 11.1. The number of carbonyl (C=O) groups is 3. The molecule has 31 heavy (non-hydrogen) atoms. The zero-order valence-corrected chi connectivity index (χ0v) is 18.7. The molecule has 1 aliphatic heterocycles. The number of hydrogen-bond acceptors (Lipinski definition) is 5. The number of likely N-dealkylation sites (tertiary alicyclic amines) is 1. The van der Waals surface area contributed by atoms with Gasteiger partial charge in [-0.2, -0.15) is 0 Å². The van der Waals surface area contributed by atoms with Gasteiger partial charge in [0.15, 0.2) is 0 Å². The van der Waals surface area contributed by atoms with E-state index in [2.05, 4.69) is 5.32 Å². The number of anilines is 1. The summed E-state index contributed by atoms with van der Waals surface area (Å²) in [6, 6.07) is 7.74. The molecule has 0 radical (unpaired) electrons. The quantitative estimate of drug-likeness (QED) is 0.459. The number of allylic oxidation sites excluding steroid dienone is 2. The summed E-state index contributed by atoms with van der Waals surface area (Å²) in [5, 5.41) is 3.34. The average Bonchev–Trinajstić information content (AvgIpc) is 2.98. The van der Waals surface area contributed by atoms with Crippen LogP contribution in [-0.2, 0) is 14.4 Å². The molecule has 7 heteroatoms. The molecule has 2 aliphatic rings. The van der Waals surface area contributed by atoms with Crippen LogP contribution in [0.4, 0.5) is 5.69 Å². The smallest absolute Gasteiger partial charge is 0.233 e. The molecule has 0 saturated carbocycles. The Balaban J connectivity index is 1.47. The number of hydrogen-bond donors (Lipinski definition) is 1. The van der Waals surface area contributed by atoms with Crippen molar-refractivity contribution in [1.29, 1.82) is 0 Å². The highest BCUT2D eigenvalue weighted by atomic mass is 16.5. The molecule has 0 spiro atoms. The largest absolute Gasteiger partial charge is 0.489 e. The molecule has 0 bridgehead atoms. The lowest BCUT2D eigenvalue weighted by atomic mass is 9.85. The van der Waals surface area contributed by atoms with Gasteiger partial charge in [0.2, 0.25) is 17.7 Å². The highest BCUT2D eigenvalue weighted by Gasteiger charge is 2.46. The minimum atomic E-state index is -0.196. The summed E-state index contributed by atoms with van der Waals surface area (Å²) in [4.78, 5) is 40.4. The van der Waals surface area contributed by atoms with Gasteiger partial charge in [0.1, 0.15) is 5.75 Å². The lowest BCUT2D eigenvalue weighted by Gasteiger charge is -2.23. The topological polar surface area (TPSA) is 79.0 Å². The van der Waals surface area contributed by atoms with E-state index in [9.17, 15) is 14.4 Å². The Morgan fingerprint density at radius 1 is 1.13 bits per heavy atom. The SMILES string of the molecule is CC(=O)N(CCCN1C(=O)C2CC=CCC2C1=O)CCNc1ccccc1OC(C)C. The molecule has 1 aromatic carbocycles. The van der Waals surface area contributed by atoms with Crippen LogP contribution >= 0.6 is 0 Å². The van der Waals surface area contributed by atoms with Crippen molar-refractivity contribution in [3.63, 3.8) is 0 Å². The van der Waals surface area contributed by atoms with E-state index in [1.165, 1.54) is 4.90 Å². The predicted octanol–water partition coefficient (Wildman–Crippen LogP) is 3.08. The third-order valence-corrected chi connectivity index (χ3v) is 5.80. The van der Waals surface area contributed by atoms with E-state index in [0.717, 1.165) is 11.4 Å². The van der Waals surface area contributed by atoms with Crippen molar-refractivity contribution in [2.45, 2.75) is 46.1 Å². The summed E-state index contributed by atoms with van der Waals surface area (Å²) < 4.78 is 5.82. The lowest BCUT2D eigenvalue weighted by molar-refractivity contribution is -0.139. The van der Waals surface area contributed by atoms with Crippen molar-refractivity contribution < 1.29 is 19.1 Å². The van der Waals surface area contributed by atoms with Crippen LogP contribution in [0.2, 0.25) is 0 Å². The van der Waals surface area contributed by atoms with Gasteiger partial charge < -0.3 is 15.0 Å². The number of amides is 3. The fourth-order valence-corrected chi connectivity index (χ4v) is 4.23. The van der Waals surface area contributed by atoms with Gasteiger partial charge in [0.05, 0.1) is 23.6 Å². The van der Waals surface area contributed by atoms with E-state index in [4.69, 9.17) is 4.74 Å². The summed E-state index contributed by atoms with van der Waals surface area (Å²) in [5.74, 6) is 0.256. The summed E-state index contributed by atoms with van der Waals surface area (Å²) >= 11 is 0. The molecule has 2 unspecified atom stereocenters. The molecule has 3 rings (SSSR count). The molecule has 1 heterocycles. The Bertz CT molecular complexity index is 810. The first-order chi connectivity index (χ1) is 14.9. The van der Waals surface area contributed by atoms with E-state index in [-0.39, 0.29) is 35.7 Å². The van der Waals surface area contributed by atoms with Crippen LogP contribution in [-0.4, -0.2) is 59.8 Å². The fraction of sp³-hybridized carbons (Fsp3) is 0.542. The van der Waals surface area contributed by atoms with Gasteiger partial charge in [-0.3, -0.25) is 19.3 Å². The second-order valence-corrected chi connectivity index (χ2v) is 8.43. The van der Waals surface area contributed by atoms with Crippen LogP contribution in [0.3, 0.4) is 0 Å². The molecule has 1 aromatic rings. The van der Waals surface area contributed by atoms with Crippen molar-refractivity contribution >= 4 is 23.4 Å². The first kappa shape index (κ1) is 22.8. The number of nitrogens with zero attached hydrogens (tertiary/aromatic N) is 2. The van der Waals surface area contributed by atoms with Crippen molar-refractivity contribution in [2.24, 2.45) is 11.8 Å². The number of para-hydroxylation sites is 2. The van der Waals surface area contributed by atoms with Crippen molar-refractivity contribution in [3.05, 3.63) is 36.4 Å². The van der Waals surface area contributed by atoms with E-state index >= 15 is 0 Å². The van der Waals surface area contributed by atoms with E-state index in [1.54, 1.807) is 11.8 Å².